The number of hydrogen-bond acceptors (Lipinski definition) is 8. The third kappa shape index (κ3) is 6.67. The van der Waals surface area contributed by atoms with E-state index in [-0.39, 0.29) is 12.1 Å². The molecule has 38 heavy (non-hydrogen) atoms. The van der Waals surface area contributed by atoms with Crippen LogP contribution in [0.3, 0.4) is 0 Å². The Labute approximate surface area is 220 Å². The summed E-state index contributed by atoms with van der Waals surface area (Å²) in [5.74, 6) is -2.10. The Morgan fingerprint density at radius 3 is 2.37 bits per heavy atom. The standard InChI is InChI=1S/C22H26N6O2S.C2HF3O2/c1-26(17-8-14-30-15-9-17)22(29)28-12-10-27(11-13-28)21-24-20(25-31-21)19-7-6-16-4-2-3-5-18(16)23-19;3-2(4,5)1(6)7/h2-7,17H,8-15H2,1H3;(H,6,7). The molecule has 2 saturated heterocycles. The van der Waals surface area contributed by atoms with Crippen LogP contribution in [-0.4, -0.2) is 99.9 Å². The van der Waals surface area contributed by atoms with Crippen LogP contribution in [0.4, 0.5) is 23.1 Å². The molecule has 0 spiro atoms. The number of para-hydroxylation sites is 1. The maximum absolute atomic E-state index is 12.9. The summed E-state index contributed by atoms with van der Waals surface area (Å²) < 4.78 is 41.7. The van der Waals surface area contributed by atoms with Gasteiger partial charge < -0.3 is 24.5 Å². The highest BCUT2D eigenvalue weighted by Crippen LogP contribution is 2.26. The smallest absolute Gasteiger partial charge is 0.475 e. The number of aromatic nitrogens is 3. The zero-order valence-corrected chi connectivity index (χ0v) is 21.4. The molecule has 0 atom stereocenters. The maximum atomic E-state index is 12.9. The number of benzene rings is 1. The Bertz CT molecular complexity index is 1260. The molecule has 2 aliphatic rings. The number of halogens is 3. The maximum Gasteiger partial charge on any atom is 0.490 e. The number of carboxylic acids is 1. The highest BCUT2D eigenvalue weighted by atomic mass is 32.1. The number of rotatable bonds is 3. The monoisotopic (exact) mass is 552 g/mol. The van der Waals surface area contributed by atoms with Gasteiger partial charge in [-0.3, -0.25) is 0 Å². The summed E-state index contributed by atoms with van der Waals surface area (Å²) in [4.78, 5) is 37.3. The third-order valence-electron chi connectivity index (χ3n) is 6.35. The van der Waals surface area contributed by atoms with Crippen molar-refractivity contribution < 1.29 is 32.6 Å². The SMILES string of the molecule is CN(C(=O)N1CCN(c2nc(-c3ccc4ccccc4n3)ns2)CC1)C1CCOCC1.O=C(O)C(F)(F)F. The van der Waals surface area contributed by atoms with Crippen LogP contribution in [0.5, 0.6) is 0 Å². The molecule has 1 N–H and O–H groups in total. The van der Waals surface area contributed by atoms with Crippen LogP contribution in [-0.2, 0) is 9.53 Å². The number of carbonyl (C=O) groups excluding carboxylic acids is 1. The van der Waals surface area contributed by atoms with E-state index in [2.05, 4.69) is 15.3 Å². The summed E-state index contributed by atoms with van der Waals surface area (Å²) in [6.45, 7) is 4.37. The van der Waals surface area contributed by atoms with Gasteiger partial charge in [0.2, 0.25) is 5.13 Å². The largest absolute Gasteiger partial charge is 0.490 e. The van der Waals surface area contributed by atoms with Crippen LogP contribution in [0.1, 0.15) is 12.8 Å². The molecule has 3 aromatic rings. The predicted octanol–water partition coefficient (Wildman–Crippen LogP) is 3.74. The molecular weight excluding hydrogens is 525 g/mol. The number of amides is 2. The Kier molecular flexibility index (Phi) is 8.62. The van der Waals surface area contributed by atoms with Gasteiger partial charge in [0.05, 0.1) is 5.52 Å². The van der Waals surface area contributed by atoms with Gasteiger partial charge in [-0.2, -0.15) is 22.5 Å². The molecular formula is C24H27F3N6O4S. The molecule has 10 nitrogen and oxygen atoms in total. The third-order valence-corrected chi connectivity index (χ3v) is 7.12. The summed E-state index contributed by atoms with van der Waals surface area (Å²) in [5.41, 5.74) is 1.73. The summed E-state index contributed by atoms with van der Waals surface area (Å²) in [5, 5.41) is 9.11. The normalized spacial score (nSPS) is 16.6. The first-order chi connectivity index (χ1) is 18.1. The number of carboxylic acid groups (broad SMARTS) is 1. The molecule has 0 saturated carbocycles. The molecule has 0 bridgehead atoms. The second-order valence-electron chi connectivity index (χ2n) is 8.80. The minimum Gasteiger partial charge on any atom is -0.475 e. The first-order valence-corrected chi connectivity index (χ1v) is 12.7. The van der Waals surface area contributed by atoms with Gasteiger partial charge in [0.1, 0.15) is 5.69 Å². The lowest BCUT2D eigenvalue weighted by Crippen LogP contribution is -2.54. The lowest BCUT2D eigenvalue weighted by Gasteiger charge is -2.39. The minimum atomic E-state index is -5.08. The van der Waals surface area contributed by atoms with Gasteiger partial charge in [0.25, 0.3) is 0 Å². The number of anilines is 1. The number of carbonyl (C=O) groups is 2. The second kappa shape index (κ2) is 11.9. The molecule has 1 aromatic carbocycles. The average molecular weight is 553 g/mol. The van der Waals surface area contributed by atoms with Gasteiger partial charge in [-0.1, -0.05) is 24.3 Å². The number of pyridine rings is 1. The van der Waals surface area contributed by atoms with Crippen LogP contribution >= 0.6 is 11.5 Å². The van der Waals surface area contributed by atoms with Crippen LogP contribution in [0, 0.1) is 0 Å². The summed E-state index contributed by atoms with van der Waals surface area (Å²) >= 11 is 1.39. The molecule has 4 heterocycles. The molecule has 0 radical (unpaired) electrons. The van der Waals surface area contributed by atoms with Crippen molar-refractivity contribution >= 4 is 39.6 Å². The van der Waals surface area contributed by atoms with Crippen molar-refractivity contribution in [3.8, 4) is 11.5 Å². The Hall–Kier alpha value is -3.52. The highest BCUT2D eigenvalue weighted by molar-refractivity contribution is 7.09. The van der Waals surface area contributed by atoms with E-state index in [1.807, 2.05) is 47.2 Å². The van der Waals surface area contributed by atoms with Gasteiger partial charge in [0.15, 0.2) is 5.82 Å². The van der Waals surface area contributed by atoms with Crippen LogP contribution < -0.4 is 4.90 Å². The van der Waals surface area contributed by atoms with E-state index in [1.54, 1.807) is 0 Å². The van der Waals surface area contributed by atoms with Crippen LogP contribution in [0.15, 0.2) is 36.4 Å². The van der Waals surface area contributed by atoms with Gasteiger partial charge in [0, 0.05) is 69.4 Å². The number of hydrogen-bond donors (Lipinski definition) is 1. The number of nitrogens with zero attached hydrogens (tertiary/aromatic N) is 6. The molecule has 5 rings (SSSR count). The summed E-state index contributed by atoms with van der Waals surface area (Å²) in [6.07, 6.45) is -3.25. The molecule has 2 aliphatic heterocycles. The van der Waals surface area contributed by atoms with Gasteiger partial charge in [-0.25, -0.2) is 14.6 Å². The molecule has 2 aromatic heterocycles. The van der Waals surface area contributed by atoms with Gasteiger partial charge >= 0.3 is 18.2 Å². The molecule has 2 fully saturated rings. The van der Waals surface area contributed by atoms with Crippen molar-refractivity contribution in [2.24, 2.45) is 0 Å². The Balaban J connectivity index is 0.000000426. The number of alkyl halides is 3. The number of ether oxygens (including phenoxy) is 1. The lowest BCUT2D eigenvalue weighted by atomic mass is 10.1. The lowest BCUT2D eigenvalue weighted by molar-refractivity contribution is -0.192. The topological polar surface area (TPSA) is 112 Å². The Morgan fingerprint density at radius 1 is 1.05 bits per heavy atom. The minimum absolute atomic E-state index is 0.116. The number of aliphatic carboxylic acids is 1. The van der Waals surface area contributed by atoms with E-state index in [9.17, 15) is 18.0 Å². The number of piperazine rings is 1. The van der Waals surface area contributed by atoms with Crippen molar-refractivity contribution in [2.45, 2.75) is 25.1 Å². The van der Waals surface area contributed by atoms with Crippen molar-refractivity contribution in [3.05, 3.63) is 36.4 Å². The van der Waals surface area contributed by atoms with Crippen molar-refractivity contribution in [3.63, 3.8) is 0 Å². The molecule has 2 amide bonds. The second-order valence-corrected chi connectivity index (χ2v) is 9.53. The van der Waals surface area contributed by atoms with Gasteiger partial charge in [-0.05, 0) is 25.0 Å². The van der Waals surface area contributed by atoms with Gasteiger partial charge in [-0.15, -0.1) is 0 Å². The fourth-order valence-electron chi connectivity index (χ4n) is 4.18. The molecule has 0 unspecified atom stereocenters. The first kappa shape index (κ1) is 27.5. The van der Waals surface area contributed by atoms with Crippen LogP contribution in [0.2, 0.25) is 0 Å². The van der Waals surface area contributed by atoms with E-state index in [0.717, 1.165) is 60.9 Å². The number of urea groups is 1. The first-order valence-electron chi connectivity index (χ1n) is 12.0. The fourth-order valence-corrected chi connectivity index (χ4v) is 4.91. The molecule has 204 valence electrons. The average Bonchev–Trinajstić information content (AvgIpc) is 3.43. The molecule has 14 heteroatoms. The predicted molar refractivity (Wildman–Crippen MR) is 135 cm³/mol. The van der Waals surface area contributed by atoms with E-state index in [1.165, 1.54) is 11.5 Å². The highest BCUT2D eigenvalue weighted by Gasteiger charge is 2.38. The van der Waals surface area contributed by atoms with Crippen LogP contribution in [0.25, 0.3) is 22.4 Å². The van der Waals surface area contributed by atoms with E-state index in [0.29, 0.717) is 18.9 Å². The summed E-state index contributed by atoms with van der Waals surface area (Å²) in [7, 11) is 1.91. The van der Waals surface area contributed by atoms with E-state index < -0.39 is 12.1 Å². The van der Waals surface area contributed by atoms with Crippen molar-refractivity contribution in [2.75, 3.05) is 51.3 Å². The number of fused-ring (bicyclic) bond motifs is 1. The zero-order valence-electron chi connectivity index (χ0n) is 20.6. The molecule has 0 aliphatic carbocycles. The van der Waals surface area contributed by atoms with Crippen molar-refractivity contribution in [1.29, 1.82) is 0 Å². The fraction of sp³-hybridized carbons (Fsp3) is 0.458. The zero-order chi connectivity index (χ0) is 27.3. The quantitative estimate of drug-likeness (QED) is 0.523. The van der Waals surface area contributed by atoms with E-state index >= 15 is 0 Å². The van der Waals surface area contributed by atoms with E-state index in [4.69, 9.17) is 24.6 Å². The summed E-state index contributed by atoms with van der Waals surface area (Å²) in [6, 6.07) is 12.5. The van der Waals surface area contributed by atoms with Crippen molar-refractivity contribution in [1.82, 2.24) is 24.1 Å². The Morgan fingerprint density at radius 2 is 1.71 bits per heavy atom.